The number of aryl methyl sites for hydroxylation is 1. The van der Waals surface area contributed by atoms with Gasteiger partial charge < -0.3 is 5.11 Å². The summed E-state index contributed by atoms with van der Waals surface area (Å²) in [5.74, 6) is 2.47. The monoisotopic (exact) mass is 289 g/mol. The van der Waals surface area contributed by atoms with Gasteiger partial charge in [-0.3, -0.25) is 0 Å². The van der Waals surface area contributed by atoms with Gasteiger partial charge in [0.1, 0.15) is 5.01 Å². The lowest BCUT2D eigenvalue weighted by atomic mass is 10.2. The number of aliphatic hydroxyl groups is 1. The molecule has 1 saturated heterocycles. The van der Waals surface area contributed by atoms with Gasteiger partial charge in [-0.1, -0.05) is 6.92 Å². The van der Waals surface area contributed by atoms with E-state index in [1.165, 1.54) is 22.9 Å². The third-order valence-corrected chi connectivity index (χ3v) is 7.74. The van der Waals surface area contributed by atoms with Gasteiger partial charge in [0.2, 0.25) is 0 Å². The maximum Gasteiger partial charge on any atom is 0.107 e. The van der Waals surface area contributed by atoms with Gasteiger partial charge in [0.05, 0.1) is 21.9 Å². The Kier molecular flexibility index (Phi) is 4.80. The molecule has 2 heterocycles. The Balaban J connectivity index is 2.23. The van der Waals surface area contributed by atoms with Crippen molar-refractivity contribution in [2.45, 2.75) is 43.8 Å². The number of hydrogen-bond acceptors (Lipinski definition) is 5. The van der Waals surface area contributed by atoms with Gasteiger partial charge in [-0.2, -0.15) is 11.8 Å². The first-order valence-electron chi connectivity index (χ1n) is 6.02. The summed E-state index contributed by atoms with van der Waals surface area (Å²) in [6.07, 6.45) is 0.813. The Morgan fingerprint density at radius 1 is 1.41 bits per heavy atom. The lowest BCUT2D eigenvalue weighted by molar-refractivity contribution is 0.202. The van der Waals surface area contributed by atoms with Gasteiger partial charge in [0.15, 0.2) is 0 Å². The number of aliphatic hydroxyl groups excluding tert-OH is 1. The summed E-state index contributed by atoms with van der Waals surface area (Å²) in [5, 5.41) is 12.1. The average Bonchev–Trinajstić information content (AvgIpc) is 2.71. The van der Waals surface area contributed by atoms with Gasteiger partial charge >= 0.3 is 0 Å². The molecule has 0 aliphatic carbocycles. The van der Waals surface area contributed by atoms with E-state index in [-0.39, 0.29) is 6.10 Å². The van der Waals surface area contributed by atoms with Crippen molar-refractivity contribution in [3.8, 4) is 0 Å². The molecule has 3 atom stereocenters. The molecule has 1 aromatic rings. The van der Waals surface area contributed by atoms with E-state index >= 15 is 0 Å². The van der Waals surface area contributed by atoms with Crippen molar-refractivity contribution in [3.63, 3.8) is 0 Å². The minimum absolute atomic E-state index is 0.387. The van der Waals surface area contributed by atoms with Crippen LogP contribution in [-0.4, -0.2) is 26.8 Å². The third kappa shape index (κ3) is 3.00. The highest BCUT2D eigenvalue weighted by molar-refractivity contribution is 8.06. The number of rotatable bonds is 3. The van der Waals surface area contributed by atoms with Crippen molar-refractivity contribution < 1.29 is 5.11 Å². The maximum atomic E-state index is 9.70. The number of hydrogen-bond donors (Lipinski definition) is 1. The van der Waals surface area contributed by atoms with E-state index in [1.54, 1.807) is 11.3 Å². The quantitative estimate of drug-likeness (QED) is 0.917. The lowest BCUT2D eigenvalue weighted by Crippen LogP contribution is -2.18. The summed E-state index contributed by atoms with van der Waals surface area (Å²) in [6, 6.07) is 0. The highest BCUT2D eigenvalue weighted by atomic mass is 32.2. The summed E-state index contributed by atoms with van der Waals surface area (Å²) in [7, 11) is 0. The number of thioether (sulfide) groups is 2. The highest BCUT2D eigenvalue weighted by Crippen LogP contribution is 2.46. The van der Waals surface area contributed by atoms with Crippen molar-refractivity contribution >= 4 is 34.9 Å². The van der Waals surface area contributed by atoms with Crippen LogP contribution in [-0.2, 0) is 0 Å². The van der Waals surface area contributed by atoms with Gasteiger partial charge in [-0.05, 0) is 20.3 Å². The molecule has 5 heteroatoms. The van der Waals surface area contributed by atoms with Crippen molar-refractivity contribution in [1.29, 1.82) is 0 Å². The Bertz CT molecular complexity index is 378. The molecule has 2 nitrogen and oxygen atoms in total. The van der Waals surface area contributed by atoms with Crippen molar-refractivity contribution in [2.75, 3.05) is 11.5 Å². The second kappa shape index (κ2) is 5.95. The molecule has 1 fully saturated rings. The van der Waals surface area contributed by atoms with Gasteiger partial charge in [-0.25, -0.2) is 4.98 Å². The van der Waals surface area contributed by atoms with Crippen LogP contribution in [0.15, 0.2) is 0 Å². The summed E-state index contributed by atoms with van der Waals surface area (Å²) < 4.78 is 0. The Labute approximate surface area is 116 Å². The van der Waals surface area contributed by atoms with Gasteiger partial charge in [-0.15, -0.1) is 23.1 Å². The first-order chi connectivity index (χ1) is 8.13. The van der Waals surface area contributed by atoms with Crippen LogP contribution in [0.4, 0.5) is 0 Å². The molecule has 1 aliphatic rings. The Morgan fingerprint density at radius 2 is 2.12 bits per heavy atom. The topological polar surface area (TPSA) is 33.1 Å². The molecule has 0 spiro atoms. The third-order valence-electron chi connectivity index (χ3n) is 2.92. The largest absolute Gasteiger partial charge is 0.388 e. The van der Waals surface area contributed by atoms with E-state index in [9.17, 15) is 5.11 Å². The standard InChI is InChI=1S/C12H19NOS3/c1-4-9-11(16-6-5-15-9)12-13-7(2)10(17-12)8(3)14/h8-9,11,14H,4-6H2,1-3H3. The molecule has 2 rings (SSSR count). The minimum Gasteiger partial charge on any atom is -0.388 e. The Morgan fingerprint density at radius 3 is 2.71 bits per heavy atom. The van der Waals surface area contributed by atoms with Crippen LogP contribution < -0.4 is 0 Å². The zero-order valence-corrected chi connectivity index (χ0v) is 12.9. The highest BCUT2D eigenvalue weighted by Gasteiger charge is 2.29. The fraction of sp³-hybridized carbons (Fsp3) is 0.750. The molecular weight excluding hydrogens is 270 g/mol. The van der Waals surface area contributed by atoms with Gasteiger partial charge in [0.25, 0.3) is 0 Å². The molecule has 0 amide bonds. The summed E-state index contributed by atoms with van der Waals surface area (Å²) in [6.45, 7) is 6.08. The fourth-order valence-corrected chi connectivity index (χ4v) is 6.50. The molecule has 3 unspecified atom stereocenters. The summed E-state index contributed by atoms with van der Waals surface area (Å²) in [5.41, 5.74) is 1.01. The average molecular weight is 289 g/mol. The molecule has 0 aromatic carbocycles. The molecule has 17 heavy (non-hydrogen) atoms. The second-order valence-corrected chi connectivity index (χ2v) is 7.95. The van der Waals surface area contributed by atoms with Crippen LogP contribution >= 0.6 is 34.9 Å². The van der Waals surface area contributed by atoms with E-state index < -0.39 is 0 Å². The predicted octanol–water partition coefficient (Wildman–Crippen LogP) is 3.80. The van der Waals surface area contributed by atoms with Crippen LogP contribution in [0.2, 0.25) is 0 Å². The maximum absolute atomic E-state index is 9.70. The Hall–Kier alpha value is 0.290. The molecule has 0 bridgehead atoms. The molecular formula is C12H19NOS3. The predicted molar refractivity (Wildman–Crippen MR) is 79.2 cm³/mol. The van der Waals surface area contributed by atoms with E-state index in [1.807, 2.05) is 25.6 Å². The number of aromatic nitrogens is 1. The molecule has 1 N–H and O–H groups in total. The fourth-order valence-electron chi connectivity index (χ4n) is 2.07. The summed E-state index contributed by atoms with van der Waals surface area (Å²) >= 11 is 5.80. The smallest absolute Gasteiger partial charge is 0.107 e. The van der Waals surface area contributed by atoms with Crippen LogP contribution in [0.25, 0.3) is 0 Å². The zero-order chi connectivity index (χ0) is 12.4. The van der Waals surface area contributed by atoms with Crippen molar-refractivity contribution in [2.24, 2.45) is 0 Å². The van der Waals surface area contributed by atoms with Crippen molar-refractivity contribution in [1.82, 2.24) is 4.98 Å². The van der Waals surface area contributed by atoms with Crippen molar-refractivity contribution in [3.05, 3.63) is 15.6 Å². The van der Waals surface area contributed by atoms with Gasteiger partial charge in [0, 0.05) is 16.8 Å². The van der Waals surface area contributed by atoms with E-state index in [4.69, 9.17) is 0 Å². The first-order valence-corrected chi connectivity index (χ1v) is 8.93. The van der Waals surface area contributed by atoms with Crippen LogP contribution in [0, 0.1) is 6.92 Å². The van der Waals surface area contributed by atoms with E-state index in [0.29, 0.717) is 10.5 Å². The number of thiazole rings is 1. The molecule has 1 aromatic heterocycles. The molecule has 0 saturated carbocycles. The van der Waals surface area contributed by atoms with E-state index in [2.05, 4.69) is 23.7 Å². The summed E-state index contributed by atoms with van der Waals surface area (Å²) in [4.78, 5) is 5.71. The molecule has 96 valence electrons. The van der Waals surface area contributed by atoms with Crippen LogP contribution in [0.1, 0.15) is 47.2 Å². The van der Waals surface area contributed by atoms with E-state index in [0.717, 1.165) is 10.6 Å². The molecule has 1 aliphatic heterocycles. The van der Waals surface area contributed by atoms with Crippen LogP contribution in [0.3, 0.4) is 0 Å². The lowest BCUT2D eigenvalue weighted by Gasteiger charge is -2.28. The minimum atomic E-state index is -0.387. The molecule has 0 radical (unpaired) electrons. The van der Waals surface area contributed by atoms with Crippen LogP contribution in [0.5, 0.6) is 0 Å². The SMILES string of the molecule is CCC1SCCSC1c1nc(C)c(C(C)O)s1. The normalized spacial score (nSPS) is 27.1. The zero-order valence-electron chi connectivity index (χ0n) is 10.5. The second-order valence-electron chi connectivity index (χ2n) is 4.29. The number of nitrogens with zero attached hydrogens (tertiary/aromatic N) is 1. The first kappa shape index (κ1) is 13.7.